The average Bonchev–Trinajstić information content (AvgIpc) is 2.76. The number of sulfonamides is 1. The van der Waals surface area contributed by atoms with Crippen molar-refractivity contribution < 1.29 is 13.3 Å². The molecule has 3 rings (SSSR count). The lowest BCUT2D eigenvalue weighted by atomic mass is 10.1. The number of nitriles is 1. The first-order valence-corrected chi connectivity index (χ1v) is 10.9. The van der Waals surface area contributed by atoms with E-state index in [-0.39, 0.29) is 16.3 Å². The Bertz CT molecular complexity index is 1340. The highest BCUT2D eigenvalue weighted by Gasteiger charge is 2.23. The number of nitrogens with one attached hydrogen (secondary N) is 2. The largest absolute Gasteiger partial charge is 0.279 e. The highest BCUT2D eigenvalue weighted by atomic mass is 32.2. The summed E-state index contributed by atoms with van der Waals surface area (Å²) in [6.45, 7) is 3.65. The molecule has 0 saturated heterocycles. The van der Waals surface area contributed by atoms with Crippen molar-refractivity contribution in [1.29, 1.82) is 5.26 Å². The average molecular weight is 449 g/mol. The van der Waals surface area contributed by atoms with Gasteiger partial charge in [0.1, 0.15) is 4.90 Å². The molecule has 3 aromatic carbocycles. The number of hydrogen-bond donors (Lipinski definition) is 2. The Morgan fingerprint density at radius 1 is 1.03 bits per heavy atom. The number of nitro benzene ring substituents is 1. The topological polar surface area (TPSA) is 137 Å². The Hall–Kier alpha value is -4.23. The first kappa shape index (κ1) is 22.5. The molecule has 0 aromatic heterocycles. The number of nitrogens with zero attached hydrogens (tertiary/aromatic N) is 3. The Morgan fingerprint density at radius 3 is 2.34 bits per heavy atom. The molecule has 2 N–H and O–H groups in total. The van der Waals surface area contributed by atoms with E-state index in [0.717, 1.165) is 11.6 Å². The van der Waals surface area contributed by atoms with E-state index >= 15 is 0 Å². The lowest BCUT2D eigenvalue weighted by Gasteiger charge is -2.14. The van der Waals surface area contributed by atoms with Crippen LogP contribution in [-0.4, -0.2) is 19.6 Å². The number of hydrazone groups is 1. The molecule has 0 bridgehead atoms. The molecule has 0 unspecified atom stereocenters. The zero-order chi connectivity index (χ0) is 23.3. The summed E-state index contributed by atoms with van der Waals surface area (Å²) in [5, 5.41) is 24.1. The van der Waals surface area contributed by atoms with Crippen LogP contribution in [0.3, 0.4) is 0 Å². The number of non-ortho nitro benzene ring substituents is 1. The number of benzene rings is 3. The van der Waals surface area contributed by atoms with Crippen molar-refractivity contribution in [3.8, 4) is 6.07 Å². The van der Waals surface area contributed by atoms with E-state index < -0.39 is 14.9 Å². The molecular weight excluding hydrogens is 430 g/mol. The van der Waals surface area contributed by atoms with Crippen LogP contribution in [0.2, 0.25) is 0 Å². The fraction of sp³-hybridized carbons (Fsp3) is 0.0909. The van der Waals surface area contributed by atoms with Crippen LogP contribution in [0.25, 0.3) is 0 Å². The summed E-state index contributed by atoms with van der Waals surface area (Å²) in [7, 11) is -4.17. The summed E-state index contributed by atoms with van der Waals surface area (Å²) in [5.74, 6) is 0. The molecule has 0 radical (unpaired) electrons. The van der Waals surface area contributed by atoms with Gasteiger partial charge in [-0.15, -0.1) is 0 Å². The van der Waals surface area contributed by atoms with E-state index in [1.165, 1.54) is 18.3 Å². The van der Waals surface area contributed by atoms with E-state index in [2.05, 4.69) is 15.2 Å². The van der Waals surface area contributed by atoms with E-state index in [9.17, 15) is 18.5 Å². The zero-order valence-corrected chi connectivity index (χ0v) is 18.1. The molecule has 0 spiro atoms. The van der Waals surface area contributed by atoms with Crippen molar-refractivity contribution in [2.45, 2.75) is 18.7 Å². The van der Waals surface area contributed by atoms with Gasteiger partial charge in [-0.05, 0) is 49.2 Å². The zero-order valence-electron chi connectivity index (χ0n) is 17.2. The minimum absolute atomic E-state index is 0.0674. The van der Waals surface area contributed by atoms with Crippen LogP contribution in [0.1, 0.15) is 22.3 Å². The van der Waals surface area contributed by atoms with Gasteiger partial charge >= 0.3 is 0 Å². The highest BCUT2D eigenvalue weighted by Crippen LogP contribution is 2.29. The molecule has 0 aliphatic heterocycles. The molecule has 3 aromatic rings. The maximum Gasteiger partial charge on any atom is 0.270 e. The van der Waals surface area contributed by atoms with E-state index in [1.807, 2.05) is 19.1 Å². The predicted octanol–water partition coefficient (Wildman–Crippen LogP) is 4.33. The number of aryl methyl sites for hydroxylation is 2. The van der Waals surface area contributed by atoms with Gasteiger partial charge in [0.15, 0.2) is 0 Å². The summed E-state index contributed by atoms with van der Waals surface area (Å²) in [5.41, 5.74) is 5.57. The van der Waals surface area contributed by atoms with Gasteiger partial charge in [-0.3, -0.25) is 20.3 Å². The second-order valence-corrected chi connectivity index (χ2v) is 8.62. The molecule has 0 saturated carbocycles. The Labute approximate surface area is 185 Å². The minimum Gasteiger partial charge on any atom is -0.279 e. The standard InChI is InChI=1S/C22H19N5O4S/c1-15-3-9-20(16(2)11-15)26-32(30,31)22-12-19(27(28)29)8-10-21(22)25-24-14-18-6-4-17(13-23)5-7-18/h3-12,14,25-26H,1-2H3/b24-14-. The van der Waals surface area contributed by atoms with Crippen molar-refractivity contribution >= 4 is 33.3 Å². The molecule has 162 valence electrons. The maximum atomic E-state index is 13.1. The number of rotatable bonds is 7. The van der Waals surface area contributed by atoms with Crippen molar-refractivity contribution in [2.24, 2.45) is 5.10 Å². The lowest BCUT2D eigenvalue weighted by Crippen LogP contribution is -2.16. The van der Waals surface area contributed by atoms with Crippen LogP contribution in [-0.2, 0) is 10.0 Å². The summed E-state index contributed by atoms with van der Waals surface area (Å²) >= 11 is 0. The normalized spacial score (nSPS) is 11.2. The first-order valence-electron chi connectivity index (χ1n) is 9.37. The van der Waals surface area contributed by atoms with Crippen molar-refractivity contribution in [1.82, 2.24) is 0 Å². The van der Waals surface area contributed by atoms with Crippen molar-refractivity contribution in [3.63, 3.8) is 0 Å². The number of nitro groups is 1. The summed E-state index contributed by atoms with van der Waals surface area (Å²) < 4.78 is 28.6. The predicted molar refractivity (Wildman–Crippen MR) is 122 cm³/mol. The molecular formula is C22H19N5O4S. The Morgan fingerprint density at radius 2 is 1.72 bits per heavy atom. The van der Waals surface area contributed by atoms with E-state index in [4.69, 9.17) is 5.26 Å². The van der Waals surface area contributed by atoms with Crippen LogP contribution in [0.5, 0.6) is 0 Å². The molecule has 0 aliphatic rings. The van der Waals surface area contributed by atoms with Gasteiger partial charge in [0.05, 0.1) is 34.1 Å². The van der Waals surface area contributed by atoms with Gasteiger partial charge in [-0.2, -0.15) is 10.4 Å². The van der Waals surface area contributed by atoms with Gasteiger partial charge in [0.25, 0.3) is 15.7 Å². The summed E-state index contributed by atoms with van der Waals surface area (Å²) in [4.78, 5) is 10.2. The third-order valence-corrected chi connectivity index (χ3v) is 5.94. The van der Waals surface area contributed by atoms with Gasteiger partial charge in [0.2, 0.25) is 0 Å². The van der Waals surface area contributed by atoms with Crippen molar-refractivity contribution in [3.05, 3.63) is 93.0 Å². The highest BCUT2D eigenvalue weighted by molar-refractivity contribution is 7.92. The molecule has 0 atom stereocenters. The number of hydrogen-bond acceptors (Lipinski definition) is 7. The Kier molecular flexibility index (Phi) is 6.51. The van der Waals surface area contributed by atoms with Crippen molar-refractivity contribution in [2.75, 3.05) is 10.1 Å². The summed E-state index contributed by atoms with van der Waals surface area (Å²) in [6.07, 6.45) is 1.44. The number of anilines is 2. The molecule has 0 fully saturated rings. The van der Waals surface area contributed by atoms with Crippen LogP contribution < -0.4 is 10.1 Å². The Balaban J connectivity index is 1.93. The second-order valence-electron chi connectivity index (χ2n) is 6.97. The van der Waals surface area contributed by atoms with Crippen LogP contribution in [0.15, 0.2) is 70.7 Å². The lowest BCUT2D eigenvalue weighted by molar-refractivity contribution is -0.385. The van der Waals surface area contributed by atoms with Gasteiger partial charge in [0, 0.05) is 12.1 Å². The van der Waals surface area contributed by atoms with Crippen LogP contribution in [0, 0.1) is 35.3 Å². The van der Waals surface area contributed by atoms with Gasteiger partial charge in [-0.25, -0.2) is 8.42 Å². The molecule has 0 aliphatic carbocycles. The smallest absolute Gasteiger partial charge is 0.270 e. The van der Waals surface area contributed by atoms with E-state index in [0.29, 0.717) is 22.4 Å². The minimum atomic E-state index is -4.17. The molecule has 32 heavy (non-hydrogen) atoms. The third kappa shape index (κ3) is 5.27. The second kappa shape index (κ2) is 9.28. The maximum absolute atomic E-state index is 13.1. The fourth-order valence-electron chi connectivity index (χ4n) is 2.89. The molecule has 9 nitrogen and oxygen atoms in total. The quantitative estimate of drug-likeness (QED) is 0.313. The monoisotopic (exact) mass is 449 g/mol. The fourth-order valence-corrected chi connectivity index (χ4v) is 4.19. The van der Waals surface area contributed by atoms with Gasteiger partial charge in [-0.1, -0.05) is 29.8 Å². The summed E-state index contributed by atoms with van der Waals surface area (Å²) in [6, 6.07) is 17.3. The third-order valence-electron chi connectivity index (χ3n) is 4.53. The van der Waals surface area contributed by atoms with E-state index in [1.54, 1.807) is 43.3 Å². The molecule has 10 heteroatoms. The van der Waals surface area contributed by atoms with Crippen LogP contribution >= 0.6 is 0 Å². The van der Waals surface area contributed by atoms with Gasteiger partial charge < -0.3 is 0 Å². The first-order chi connectivity index (χ1) is 15.2. The van der Waals surface area contributed by atoms with Crippen LogP contribution in [0.4, 0.5) is 17.1 Å². The molecule has 0 heterocycles. The SMILES string of the molecule is Cc1ccc(NS(=O)(=O)c2cc([N+](=O)[O-])ccc2N/N=C\c2ccc(C#N)cc2)c(C)c1. The molecule has 0 amide bonds.